The molecule has 16 nitrogen and oxygen atoms in total. The molecule has 0 saturated carbocycles. The van der Waals surface area contributed by atoms with Gasteiger partial charge in [0, 0.05) is 37.1 Å². The van der Waals surface area contributed by atoms with Crippen LogP contribution in [0.15, 0.2) is 78.9 Å². The van der Waals surface area contributed by atoms with Gasteiger partial charge in [0.15, 0.2) is 0 Å². The van der Waals surface area contributed by atoms with E-state index in [0.717, 1.165) is 53.2 Å². The van der Waals surface area contributed by atoms with Crippen LogP contribution in [0.25, 0.3) is 0 Å². The molecule has 69 heavy (non-hydrogen) atoms. The second kappa shape index (κ2) is 29.6. The van der Waals surface area contributed by atoms with Gasteiger partial charge in [0.2, 0.25) is 5.91 Å². The number of thioether (sulfide) groups is 1. The number of fused-ring (bicyclic) bond motifs is 1. The van der Waals surface area contributed by atoms with Crippen molar-refractivity contribution in [3.8, 4) is 11.5 Å². The SMILES string of the molecule is CCOCCOCCOCCOCCOCCNP(=O)(OCCCCCNC(=O)CCCC1SCC2C1NC(=O)N2C(c1ccccc1)(c1ccc(OC)cc1)c1ccc(OC)cc1)OC(C)(C)C. The Kier molecular flexibility index (Phi) is 24.1. The molecule has 2 aliphatic heterocycles. The molecule has 2 heterocycles. The van der Waals surface area contributed by atoms with Gasteiger partial charge >= 0.3 is 13.8 Å². The molecule has 3 amide bonds. The van der Waals surface area contributed by atoms with Crippen LogP contribution in [0.4, 0.5) is 4.79 Å². The molecule has 2 aliphatic rings. The average molecular weight is 1000 g/mol. The fourth-order valence-electron chi connectivity index (χ4n) is 8.50. The third-order valence-electron chi connectivity index (χ3n) is 11.6. The van der Waals surface area contributed by atoms with E-state index < -0.39 is 18.9 Å². The van der Waals surface area contributed by atoms with E-state index in [9.17, 15) is 14.2 Å². The zero-order valence-corrected chi connectivity index (χ0v) is 43.3. The Morgan fingerprint density at radius 3 is 1.81 bits per heavy atom. The predicted molar refractivity (Wildman–Crippen MR) is 269 cm³/mol. The first-order valence-corrected chi connectivity index (χ1v) is 26.9. The van der Waals surface area contributed by atoms with E-state index in [-0.39, 0.29) is 42.4 Å². The van der Waals surface area contributed by atoms with Crippen molar-refractivity contribution in [2.75, 3.05) is 106 Å². The normalized spacial score (nSPS) is 17.9. The van der Waals surface area contributed by atoms with Crippen LogP contribution in [0.1, 0.15) is 82.9 Å². The number of amides is 3. The van der Waals surface area contributed by atoms with Crippen molar-refractivity contribution in [1.82, 2.24) is 20.6 Å². The number of hydrogen-bond donors (Lipinski definition) is 3. The fraction of sp³-hybridized carbons (Fsp3) is 0.608. The van der Waals surface area contributed by atoms with E-state index in [1.807, 2.05) is 111 Å². The van der Waals surface area contributed by atoms with Crippen LogP contribution in [0.5, 0.6) is 11.5 Å². The Morgan fingerprint density at radius 2 is 1.26 bits per heavy atom. The fourth-order valence-corrected chi connectivity index (χ4v) is 11.8. The molecule has 3 aromatic carbocycles. The number of benzene rings is 3. The minimum Gasteiger partial charge on any atom is -0.497 e. The second-order valence-electron chi connectivity index (χ2n) is 17.7. The zero-order valence-electron chi connectivity index (χ0n) is 41.6. The first-order valence-electron chi connectivity index (χ1n) is 24.4. The number of rotatable bonds is 35. The highest BCUT2D eigenvalue weighted by Crippen LogP contribution is 2.50. The number of urea groups is 1. The molecule has 0 bridgehead atoms. The lowest BCUT2D eigenvalue weighted by Gasteiger charge is -2.45. The average Bonchev–Trinajstić information content (AvgIpc) is 3.89. The molecule has 2 fully saturated rings. The van der Waals surface area contributed by atoms with Crippen LogP contribution in [0.2, 0.25) is 0 Å². The summed E-state index contributed by atoms with van der Waals surface area (Å²) in [7, 11) is -0.298. The maximum Gasteiger partial charge on any atom is 0.406 e. The number of ether oxygens (including phenoxy) is 7. The first-order chi connectivity index (χ1) is 33.4. The molecule has 2 saturated heterocycles. The molecule has 3 N–H and O–H groups in total. The number of carbonyl (C=O) groups is 2. The lowest BCUT2D eigenvalue weighted by molar-refractivity contribution is -0.121. The standard InChI is InChI=1S/C51H77N4O12PS/c1-7-61-31-32-63-35-36-65-38-37-64-34-33-62-30-28-53-68(58,67-50(2,3)4)66-29-13-9-12-27-52-47(56)18-14-17-46-48-45(39-69-46)55(49(57)54-48)51(40-15-10-8-11-16-40,41-19-23-43(59-5)24-20-41)42-21-25-44(60-6)26-22-42/h8,10-11,15-16,19-26,45-46,48H,7,9,12-14,17-18,27-39H2,1-6H3,(H,52,56)(H,53,58)(H,54,57). The van der Waals surface area contributed by atoms with Crippen molar-refractivity contribution in [1.29, 1.82) is 0 Å². The summed E-state index contributed by atoms with van der Waals surface area (Å²) in [4.78, 5) is 29.4. The van der Waals surface area contributed by atoms with Crippen molar-refractivity contribution >= 4 is 31.4 Å². The summed E-state index contributed by atoms with van der Waals surface area (Å²) >= 11 is 1.86. The van der Waals surface area contributed by atoms with E-state index in [1.54, 1.807) is 14.2 Å². The number of nitrogens with zero attached hydrogens (tertiary/aromatic N) is 1. The first kappa shape index (κ1) is 56.2. The summed E-state index contributed by atoms with van der Waals surface area (Å²) in [6.45, 7) is 13.4. The predicted octanol–water partition coefficient (Wildman–Crippen LogP) is 7.96. The van der Waals surface area contributed by atoms with Gasteiger partial charge in [-0.05, 0) is 101 Å². The van der Waals surface area contributed by atoms with Gasteiger partial charge in [-0.2, -0.15) is 11.8 Å². The quantitative estimate of drug-likeness (QED) is 0.0224. The Balaban J connectivity index is 1.00. The third kappa shape index (κ3) is 17.5. The van der Waals surface area contributed by atoms with Gasteiger partial charge in [0.25, 0.3) is 0 Å². The number of methoxy groups -OCH3 is 2. The lowest BCUT2D eigenvalue weighted by Crippen LogP contribution is -2.53. The van der Waals surface area contributed by atoms with Crippen LogP contribution in [0, 0.1) is 0 Å². The van der Waals surface area contributed by atoms with Crippen molar-refractivity contribution in [3.05, 3.63) is 95.6 Å². The molecule has 0 spiro atoms. The summed E-state index contributed by atoms with van der Waals surface area (Å²) in [6, 6.07) is 25.8. The zero-order chi connectivity index (χ0) is 49.4. The van der Waals surface area contributed by atoms with Gasteiger partial charge in [-0.15, -0.1) is 0 Å². The Hall–Kier alpha value is -3.74. The maximum atomic E-state index is 14.4. The minimum absolute atomic E-state index is 0.00551. The molecule has 5 rings (SSSR count). The third-order valence-corrected chi connectivity index (χ3v) is 15.1. The molecular weight excluding hydrogens is 924 g/mol. The number of nitrogens with one attached hydrogen (secondary N) is 3. The van der Waals surface area contributed by atoms with E-state index in [1.165, 1.54) is 0 Å². The molecule has 4 atom stereocenters. The molecule has 0 aromatic heterocycles. The highest BCUT2D eigenvalue weighted by Gasteiger charge is 2.57. The summed E-state index contributed by atoms with van der Waals surface area (Å²) in [5.74, 6) is 2.23. The van der Waals surface area contributed by atoms with E-state index in [0.29, 0.717) is 91.9 Å². The summed E-state index contributed by atoms with van der Waals surface area (Å²) in [5.41, 5.74) is 1.22. The van der Waals surface area contributed by atoms with Crippen molar-refractivity contribution in [2.24, 2.45) is 0 Å². The Morgan fingerprint density at radius 1 is 0.710 bits per heavy atom. The maximum absolute atomic E-state index is 14.4. The van der Waals surface area contributed by atoms with Crippen LogP contribution in [-0.2, 0) is 47.6 Å². The molecule has 0 aliphatic carbocycles. The topological polar surface area (TPSA) is 174 Å². The Labute approximate surface area is 414 Å². The molecule has 4 unspecified atom stereocenters. The lowest BCUT2D eigenvalue weighted by atomic mass is 9.74. The van der Waals surface area contributed by atoms with Gasteiger partial charge in [0.05, 0.1) is 98.0 Å². The summed E-state index contributed by atoms with van der Waals surface area (Å²) in [6.07, 6.45) is 4.09. The van der Waals surface area contributed by atoms with Crippen molar-refractivity contribution in [2.45, 2.75) is 94.7 Å². The van der Waals surface area contributed by atoms with E-state index >= 15 is 0 Å². The smallest absolute Gasteiger partial charge is 0.406 e. The number of carbonyl (C=O) groups excluding carboxylic acids is 2. The second-order valence-corrected chi connectivity index (χ2v) is 20.7. The molecule has 384 valence electrons. The van der Waals surface area contributed by atoms with Crippen molar-refractivity contribution < 1.29 is 56.4 Å². The molecule has 0 radical (unpaired) electrons. The van der Waals surface area contributed by atoms with Gasteiger partial charge in [-0.25, -0.2) is 14.4 Å². The minimum atomic E-state index is -3.59. The van der Waals surface area contributed by atoms with E-state index in [2.05, 4.69) is 27.9 Å². The number of unbranched alkanes of at least 4 members (excludes halogenated alkanes) is 2. The highest BCUT2D eigenvalue weighted by molar-refractivity contribution is 8.00. The largest absolute Gasteiger partial charge is 0.497 e. The molecule has 18 heteroatoms. The highest BCUT2D eigenvalue weighted by atomic mass is 32.2. The summed E-state index contributed by atoms with van der Waals surface area (Å²) < 4.78 is 63.5. The van der Waals surface area contributed by atoms with Gasteiger partial charge in [-0.1, -0.05) is 54.6 Å². The van der Waals surface area contributed by atoms with Crippen LogP contribution < -0.4 is 25.2 Å². The van der Waals surface area contributed by atoms with Crippen LogP contribution in [0.3, 0.4) is 0 Å². The van der Waals surface area contributed by atoms with Crippen LogP contribution in [-0.4, -0.2) is 146 Å². The van der Waals surface area contributed by atoms with Crippen molar-refractivity contribution in [3.63, 3.8) is 0 Å². The van der Waals surface area contributed by atoms with Crippen LogP contribution >= 0.6 is 19.5 Å². The summed E-state index contributed by atoms with van der Waals surface area (Å²) in [5, 5.41) is 9.52. The monoisotopic (exact) mass is 1000 g/mol. The van der Waals surface area contributed by atoms with Gasteiger partial charge in [-0.3, -0.25) is 13.8 Å². The molecular formula is C51H77N4O12PS. The van der Waals surface area contributed by atoms with E-state index in [4.69, 9.17) is 42.2 Å². The number of hydrogen-bond acceptors (Lipinski definition) is 13. The molecule has 3 aromatic rings. The Bertz CT molecular complexity index is 1930. The van der Waals surface area contributed by atoms with Gasteiger partial charge in [0.1, 0.15) is 17.0 Å². The van der Waals surface area contributed by atoms with Gasteiger partial charge < -0.3 is 48.7 Å².